The number of nitrogens with one attached hydrogen (secondary N) is 1. The zero-order valence-corrected chi connectivity index (χ0v) is 17.7. The van der Waals surface area contributed by atoms with E-state index in [1.165, 1.54) is 6.07 Å². The van der Waals surface area contributed by atoms with Gasteiger partial charge in [0.05, 0.1) is 5.69 Å². The summed E-state index contributed by atoms with van der Waals surface area (Å²) in [5.41, 5.74) is -0.655. The number of fused-ring (bicyclic) bond motifs is 1. The highest BCUT2D eigenvalue weighted by Crippen LogP contribution is 2.41. The molecule has 8 heteroatoms. The molecule has 0 aliphatic carbocycles. The Morgan fingerprint density at radius 2 is 1.86 bits per heavy atom. The van der Waals surface area contributed by atoms with Crippen LogP contribution in [0.4, 0.5) is 5.69 Å². The molecule has 2 N–H and O–H groups in total. The smallest absolute Gasteiger partial charge is 0.286 e. The summed E-state index contributed by atoms with van der Waals surface area (Å²) in [6, 6.07) is 6.37. The van der Waals surface area contributed by atoms with Gasteiger partial charge >= 0.3 is 0 Å². The van der Waals surface area contributed by atoms with Crippen molar-refractivity contribution in [2.45, 2.75) is 51.5 Å². The van der Waals surface area contributed by atoms with E-state index in [-0.39, 0.29) is 28.0 Å². The summed E-state index contributed by atoms with van der Waals surface area (Å²) < 4.78 is 29.0. The number of amides is 1. The predicted octanol–water partition coefficient (Wildman–Crippen LogP) is 3.31. The minimum Gasteiger partial charge on any atom is -0.509 e. The van der Waals surface area contributed by atoms with E-state index in [1.807, 2.05) is 20.8 Å². The molecule has 1 atom stereocenters. The number of hydrogen-bond donors (Lipinski definition) is 2. The molecule has 7 nitrogen and oxygen atoms in total. The van der Waals surface area contributed by atoms with Gasteiger partial charge in [0.1, 0.15) is 21.8 Å². The lowest BCUT2D eigenvalue weighted by Crippen LogP contribution is -2.50. The fraction of sp³-hybridized carbons (Fsp3) is 0.500. The molecule has 2 aliphatic rings. The lowest BCUT2D eigenvalue weighted by atomic mass is 9.85. The molecule has 0 bridgehead atoms. The maximum Gasteiger partial charge on any atom is 0.286 e. The van der Waals surface area contributed by atoms with Crippen molar-refractivity contribution >= 4 is 27.5 Å². The molecule has 1 aromatic rings. The first-order valence-corrected chi connectivity index (χ1v) is 10.9. The predicted molar refractivity (Wildman–Crippen MR) is 109 cm³/mol. The Balaban J connectivity index is 2.10. The van der Waals surface area contributed by atoms with Crippen molar-refractivity contribution in [2.24, 2.45) is 16.2 Å². The van der Waals surface area contributed by atoms with Crippen LogP contribution in [0.3, 0.4) is 0 Å². The molecule has 2 heterocycles. The topological polar surface area (TPSA) is 99.1 Å². The summed E-state index contributed by atoms with van der Waals surface area (Å²) in [6.45, 7) is 10.3. The number of aliphatic hydroxyl groups excluding tert-OH is 1. The van der Waals surface area contributed by atoms with Gasteiger partial charge in [0, 0.05) is 6.54 Å². The summed E-state index contributed by atoms with van der Waals surface area (Å²) >= 11 is 0. The largest absolute Gasteiger partial charge is 0.509 e. The first-order chi connectivity index (χ1) is 13.0. The number of anilines is 1. The fourth-order valence-corrected chi connectivity index (χ4v) is 4.69. The van der Waals surface area contributed by atoms with Crippen molar-refractivity contribution in [3.05, 3.63) is 35.6 Å². The second-order valence-corrected chi connectivity index (χ2v) is 9.77. The number of para-hydroxylation sites is 1. The van der Waals surface area contributed by atoms with E-state index in [0.29, 0.717) is 18.2 Å². The average Bonchev–Trinajstić information content (AvgIpc) is 2.79. The number of carbonyl (C=O) groups excluding carboxylic acids is 1. The first kappa shape index (κ1) is 20.4. The molecule has 1 amide bonds. The minimum absolute atomic E-state index is 0.0487. The van der Waals surface area contributed by atoms with E-state index < -0.39 is 21.5 Å². The van der Waals surface area contributed by atoms with Gasteiger partial charge in [-0.1, -0.05) is 39.8 Å². The molecule has 0 radical (unpaired) electrons. The number of nitrogens with zero attached hydrogens (tertiary/aromatic N) is 2. The molecule has 0 spiro atoms. The van der Waals surface area contributed by atoms with Crippen molar-refractivity contribution in [1.82, 2.24) is 4.90 Å². The molecule has 0 unspecified atom stereocenters. The van der Waals surface area contributed by atoms with Crippen LogP contribution in [0.5, 0.6) is 0 Å². The van der Waals surface area contributed by atoms with Crippen LogP contribution in [0.2, 0.25) is 0 Å². The summed E-state index contributed by atoms with van der Waals surface area (Å²) in [5.74, 6) is -0.366. The Bertz CT molecular complexity index is 979. The van der Waals surface area contributed by atoms with Gasteiger partial charge in [-0.2, -0.15) is 8.42 Å². The highest BCUT2D eigenvalue weighted by atomic mass is 32.2. The lowest BCUT2D eigenvalue weighted by molar-refractivity contribution is -0.130. The molecule has 3 rings (SSSR count). The molecular weight excluding hydrogens is 378 g/mol. The summed E-state index contributed by atoms with van der Waals surface area (Å²) in [5, 5.41) is 14.0. The molecular formula is C20H27N3O4S. The number of aliphatic hydroxyl groups is 1. The van der Waals surface area contributed by atoms with Gasteiger partial charge in [0.15, 0.2) is 5.84 Å². The number of carbonyl (C=O) groups is 1. The summed E-state index contributed by atoms with van der Waals surface area (Å²) in [4.78, 5) is 15.0. The molecule has 0 saturated heterocycles. The van der Waals surface area contributed by atoms with Crippen LogP contribution in [0, 0.1) is 11.8 Å². The van der Waals surface area contributed by atoms with Gasteiger partial charge < -0.3 is 15.3 Å². The van der Waals surface area contributed by atoms with Crippen LogP contribution in [0.25, 0.3) is 0 Å². The van der Waals surface area contributed by atoms with Crippen molar-refractivity contribution in [3.8, 4) is 0 Å². The number of hydrogen-bond acceptors (Lipinski definition) is 5. The summed E-state index contributed by atoms with van der Waals surface area (Å²) in [6.07, 6.45) is 0.773. The molecule has 152 valence electrons. The number of sulfonamides is 1. The molecule has 0 fully saturated rings. The summed E-state index contributed by atoms with van der Waals surface area (Å²) in [7, 11) is -3.97. The van der Waals surface area contributed by atoms with Crippen LogP contribution in [0.1, 0.15) is 41.0 Å². The Morgan fingerprint density at radius 3 is 2.46 bits per heavy atom. The SMILES string of the molecule is CC(C)CCN1C(=O)C(C2=NS(=O)(=O)c3ccccc3N2)=C(O)[C@]1(C)C(C)C. The van der Waals surface area contributed by atoms with Crippen LogP contribution >= 0.6 is 0 Å². The Morgan fingerprint density at radius 1 is 1.21 bits per heavy atom. The standard InChI is InChI=1S/C20H27N3O4S/c1-12(2)10-11-23-19(25)16(17(24)20(23,5)13(3)4)18-21-14-8-6-7-9-15(14)28(26,27)22-18/h6-9,12-13,24H,10-11H2,1-5H3,(H,21,22)/t20-/m0/s1. The highest BCUT2D eigenvalue weighted by Gasteiger charge is 2.52. The van der Waals surface area contributed by atoms with Crippen molar-refractivity contribution in [1.29, 1.82) is 0 Å². The molecule has 28 heavy (non-hydrogen) atoms. The Hall–Kier alpha value is -2.35. The zero-order valence-electron chi connectivity index (χ0n) is 16.9. The van der Waals surface area contributed by atoms with Crippen LogP contribution in [0.15, 0.2) is 44.9 Å². The third kappa shape index (κ3) is 3.09. The van der Waals surface area contributed by atoms with Crippen LogP contribution < -0.4 is 5.32 Å². The monoisotopic (exact) mass is 405 g/mol. The van der Waals surface area contributed by atoms with Gasteiger partial charge in [-0.25, -0.2) is 0 Å². The zero-order chi connectivity index (χ0) is 20.9. The van der Waals surface area contributed by atoms with E-state index >= 15 is 0 Å². The minimum atomic E-state index is -3.97. The molecule has 0 saturated carbocycles. The van der Waals surface area contributed by atoms with Crippen molar-refractivity contribution in [3.63, 3.8) is 0 Å². The second kappa shape index (κ2) is 6.92. The third-order valence-electron chi connectivity index (χ3n) is 5.66. The lowest BCUT2D eigenvalue weighted by Gasteiger charge is -2.39. The average molecular weight is 406 g/mol. The molecule has 1 aromatic carbocycles. The van der Waals surface area contributed by atoms with Gasteiger partial charge in [0.25, 0.3) is 15.9 Å². The van der Waals surface area contributed by atoms with Gasteiger partial charge in [-0.05, 0) is 37.3 Å². The Labute approximate surface area is 166 Å². The van der Waals surface area contributed by atoms with E-state index in [2.05, 4.69) is 23.6 Å². The van der Waals surface area contributed by atoms with Gasteiger partial charge in [0.2, 0.25) is 0 Å². The Kier molecular flexibility index (Phi) is 5.04. The van der Waals surface area contributed by atoms with Crippen LogP contribution in [-0.2, 0) is 14.8 Å². The van der Waals surface area contributed by atoms with E-state index in [4.69, 9.17) is 0 Å². The van der Waals surface area contributed by atoms with Gasteiger partial charge in [-0.15, -0.1) is 4.40 Å². The molecule has 2 aliphatic heterocycles. The van der Waals surface area contributed by atoms with E-state index in [0.717, 1.165) is 6.42 Å². The third-order valence-corrected chi connectivity index (χ3v) is 6.99. The first-order valence-electron chi connectivity index (χ1n) is 9.47. The van der Waals surface area contributed by atoms with Crippen LogP contribution in [-0.4, -0.2) is 42.3 Å². The normalized spacial score (nSPS) is 23.9. The number of rotatable bonds is 5. The maximum atomic E-state index is 13.3. The van der Waals surface area contributed by atoms with E-state index in [1.54, 1.807) is 23.1 Å². The molecule has 0 aromatic heterocycles. The van der Waals surface area contributed by atoms with E-state index in [9.17, 15) is 18.3 Å². The fourth-order valence-electron chi connectivity index (χ4n) is 3.57. The number of benzene rings is 1. The number of amidine groups is 1. The quantitative estimate of drug-likeness (QED) is 0.783. The maximum absolute atomic E-state index is 13.3. The van der Waals surface area contributed by atoms with Gasteiger partial charge in [-0.3, -0.25) is 4.79 Å². The second-order valence-electron chi connectivity index (χ2n) is 8.20. The van der Waals surface area contributed by atoms with Crippen molar-refractivity contribution < 1.29 is 18.3 Å². The van der Waals surface area contributed by atoms with Crippen molar-refractivity contribution in [2.75, 3.05) is 11.9 Å². The highest BCUT2D eigenvalue weighted by molar-refractivity contribution is 7.90.